The maximum atomic E-state index is 12.4. The smallest absolute Gasteiger partial charge is 0.344 e. The number of thioether (sulfide) groups is 1. The molecule has 7 heteroatoms. The number of hydrogen-bond donors (Lipinski definition) is 0. The molecule has 2 unspecified atom stereocenters. The molecule has 6 nitrogen and oxygen atoms in total. The van der Waals surface area contributed by atoms with Gasteiger partial charge in [0.1, 0.15) is 6.10 Å². The Kier molecular flexibility index (Phi) is 3.72. The van der Waals surface area contributed by atoms with E-state index in [-0.39, 0.29) is 16.4 Å². The Labute approximate surface area is 129 Å². The standard InChI is InChI=1S/C15H11NO5S/c17-13-11-3-1-2-4-12(11)21-15(18)14(13)22-10-7-5-9(6-8-10)16(19)20/h1-8,11-12,17H/p-1. The van der Waals surface area contributed by atoms with Crippen LogP contribution in [0.2, 0.25) is 0 Å². The second kappa shape index (κ2) is 5.69. The van der Waals surface area contributed by atoms with Crippen molar-refractivity contribution in [1.29, 1.82) is 0 Å². The molecular formula is C15H10NO5S-. The molecular weight excluding hydrogens is 306 g/mol. The Morgan fingerprint density at radius 2 is 1.82 bits per heavy atom. The minimum absolute atomic E-state index is 0.00458. The topological polar surface area (TPSA) is 92.5 Å². The van der Waals surface area contributed by atoms with Gasteiger partial charge in [-0.2, -0.15) is 0 Å². The number of rotatable bonds is 3. The molecule has 0 fully saturated rings. The number of nitrogens with zero attached hydrogens (tertiary/aromatic N) is 1. The van der Waals surface area contributed by atoms with Crippen molar-refractivity contribution in [2.24, 2.45) is 5.92 Å². The summed E-state index contributed by atoms with van der Waals surface area (Å²) in [5.74, 6) is -1.44. The van der Waals surface area contributed by atoms with E-state index in [2.05, 4.69) is 0 Å². The third-order valence-corrected chi connectivity index (χ3v) is 4.39. The number of hydrogen-bond acceptors (Lipinski definition) is 6. The lowest BCUT2D eigenvalue weighted by atomic mass is 9.93. The van der Waals surface area contributed by atoms with Crippen molar-refractivity contribution in [3.05, 3.63) is 69.3 Å². The summed E-state index contributed by atoms with van der Waals surface area (Å²) in [6.07, 6.45) is 6.30. The molecule has 1 aliphatic carbocycles. The van der Waals surface area contributed by atoms with Gasteiger partial charge in [0.15, 0.2) is 0 Å². The van der Waals surface area contributed by atoms with Crippen molar-refractivity contribution >= 4 is 23.4 Å². The number of nitro groups is 1. The summed E-state index contributed by atoms with van der Waals surface area (Å²) in [4.78, 5) is 22.6. The van der Waals surface area contributed by atoms with Crippen LogP contribution in [-0.4, -0.2) is 17.0 Å². The van der Waals surface area contributed by atoms with Crippen LogP contribution in [0.25, 0.3) is 0 Å². The van der Waals surface area contributed by atoms with Crippen LogP contribution < -0.4 is 5.11 Å². The van der Waals surface area contributed by atoms with E-state index < -0.39 is 22.9 Å². The molecule has 0 N–H and O–H groups in total. The van der Waals surface area contributed by atoms with E-state index in [0.29, 0.717) is 4.90 Å². The van der Waals surface area contributed by atoms with Crippen molar-refractivity contribution in [3.63, 3.8) is 0 Å². The number of carbonyl (C=O) groups is 1. The van der Waals surface area contributed by atoms with Gasteiger partial charge in [-0.1, -0.05) is 35.7 Å². The first-order valence-electron chi connectivity index (χ1n) is 6.46. The monoisotopic (exact) mass is 316 g/mol. The lowest BCUT2D eigenvalue weighted by Crippen LogP contribution is -2.37. The molecule has 1 aliphatic heterocycles. The van der Waals surface area contributed by atoms with Crippen molar-refractivity contribution in [3.8, 4) is 0 Å². The average Bonchev–Trinajstić information content (AvgIpc) is 2.52. The molecule has 0 spiro atoms. The van der Waals surface area contributed by atoms with E-state index in [0.717, 1.165) is 11.8 Å². The third kappa shape index (κ3) is 2.62. The molecule has 0 saturated carbocycles. The van der Waals surface area contributed by atoms with E-state index in [1.807, 2.05) is 0 Å². The summed E-state index contributed by atoms with van der Waals surface area (Å²) < 4.78 is 5.24. The number of nitro benzene ring substituents is 1. The minimum Gasteiger partial charge on any atom is -0.874 e. The van der Waals surface area contributed by atoms with Gasteiger partial charge in [0.2, 0.25) is 0 Å². The largest absolute Gasteiger partial charge is 0.874 e. The van der Waals surface area contributed by atoms with Gasteiger partial charge < -0.3 is 9.84 Å². The van der Waals surface area contributed by atoms with Crippen molar-refractivity contribution in [2.75, 3.05) is 0 Å². The summed E-state index contributed by atoms with van der Waals surface area (Å²) in [7, 11) is 0. The highest BCUT2D eigenvalue weighted by atomic mass is 32.2. The molecule has 22 heavy (non-hydrogen) atoms. The number of esters is 1. The second-order valence-corrected chi connectivity index (χ2v) is 5.80. The molecule has 0 amide bonds. The first kappa shape index (κ1) is 14.4. The number of benzene rings is 1. The number of ether oxygens (including phenoxy) is 1. The molecule has 3 rings (SSSR count). The molecule has 1 heterocycles. The molecule has 112 valence electrons. The zero-order valence-corrected chi connectivity index (χ0v) is 12.0. The SMILES string of the molecule is O=C1OC2C=CC=CC2C([O-])=C1Sc1ccc([N+](=O)[O-])cc1. The summed E-state index contributed by atoms with van der Waals surface area (Å²) in [5, 5.41) is 23.0. The van der Waals surface area contributed by atoms with Crippen LogP contribution in [0, 0.1) is 16.0 Å². The van der Waals surface area contributed by atoms with Crippen LogP contribution in [-0.2, 0) is 9.53 Å². The highest BCUT2D eigenvalue weighted by molar-refractivity contribution is 8.04. The maximum absolute atomic E-state index is 12.4. The van der Waals surface area contributed by atoms with Crippen molar-refractivity contribution in [1.82, 2.24) is 0 Å². The highest BCUT2D eigenvalue weighted by Gasteiger charge is 2.31. The number of fused-ring (bicyclic) bond motifs is 1. The third-order valence-electron chi connectivity index (χ3n) is 3.31. The van der Waals surface area contributed by atoms with E-state index in [1.54, 1.807) is 24.3 Å². The maximum Gasteiger partial charge on any atom is 0.344 e. The molecule has 1 aromatic rings. The van der Waals surface area contributed by atoms with Gasteiger partial charge in [0, 0.05) is 22.9 Å². The van der Waals surface area contributed by atoms with Crippen LogP contribution in [0.15, 0.2) is 64.1 Å². The molecule has 0 radical (unpaired) electrons. The van der Waals surface area contributed by atoms with Gasteiger partial charge in [0.05, 0.1) is 9.83 Å². The predicted molar refractivity (Wildman–Crippen MR) is 77.6 cm³/mol. The van der Waals surface area contributed by atoms with Crippen molar-refractivity contribution in [2.45, 2.75) is 11.0 Å². The summed E-state index contributed by atoms with van der Waals surface area (Å²) in [5.41, 5.74) is -0.0488. The van der Waals surface area contributed by atoms with Gasteiger partial charge in [-0.3, -0.25) is 10.1 Å². The fourth-order valence-corrected chi connectivity index (χ4v) is 3.09. The van der Waals surface area contributed by atoms with Crippen LogP contribution in [0.3, 0.4) is 0 Å². The zero-order chi connectivity index (χ0) is 15.7. The van der Waals surface area contributed by atoms with Crippen LogP contribution in [0.4, 0.5) is 5.69 Å². The Morgan fingerprint density at radius 1 is 1.14 bits per heavy atom. The Morgan fingerprint density at radius 3 is 2.50 bits per heavy atom. The Balaban J connectivity index is 1.87. The first-order valence-corrected chi connectivity index (χ1v) is 7.27. The fourth-order valence-electron chi connectivity index (χ4n) is 2.21. The Bertz CT molecular complexity index is 720. The number of non-ortho nitro benzene ring substituents is 1. The van der Waals surface area contributed by atoms with Crippen LogP contribution in [0.1, 0.15) is 0 Å². The summed E-state index contributed by atoms with van der Waals surface area (Å²) >= 11 is 0.969. The van der Waals surface area contributed by atoms with Crippen LogP contribution in [0.5, 0.6) is 0 Å². The Hall–Kier alpha value is -2.54. The van der Waals surface area contributed by atoms with Crippen molar-refractivity contribution < 1.29 is 19.6 Å². The summed E-state index contributed by atoms with van der Waals surface area (Å²) in [6, 6.07) is 5.65. The molecule has 0 aromatic heterocycles. The highest BCUT2D eigenvalue weighted by Crippen LogP contribution is 2.37. The molecule has 2 atom stereocenters. The van der Waals surface area contributed by atoms with E-state index in [9.17, 15) is 20.0 Å². The van der Waals surface area contributed by atoms with Crippen LogP contribution >= 0.6 is 11.8 Å². The molecule has 2 aliphatic rings. The second-order valence-electron chi connectivity index (χ2n) is 4.71. The average molecular weight is 316 g/mol. The van der Waals surface area contributed by atoms with E-state index in [4.69, 9.17) is 4.74 Å². The zero-order valence-electron chi connectivity index (χ0n) is 11.2. The fraction of sp³-hybridized carbons (Fsp3) is 0.133. The molecule has 0 bridgehead atoms. The van der Waals surface area contributed by atoms with E-state index >= 15 is 0 Å². The quantitative estimate of drug-likeness (QED) is 0.480. The van der Waals surface area contributed by atoms with E-state index in [1.165, 1.54) is 24.3 Å². The summed E-state index contributed by atoms with van der Waals surface area (Å²) in [6.45, 7) is 0. The number of allylic oxidation sites excluding steroid dienone is 2. The molecule has 0 saturated heterocycles. The van der Waals surface area contributed by atoms with Gasteiger partial charge in [0.25, 0.3) is 5.69 Å². The predicted octanol–water partition coefficient (Wildman–Crippen LogP) is 1.93. The lowest BCUT2D eigenvalue weighted by Gasteiger charge is -2.35. The van der Waals surface area contributed by atoms with Gasteiger partial charge in [-0.05, 0) is 18.2 Å². The minimum atomic E-state index is -0.658. The van der Waals surface area contributed by atoms with Gasteiger partial charge in [-0.25, -0.2) is 4.79 Å². The first-order chi connectivity index (χ1) is 10.6. The number of carbonyl (C=O) groups excluding carboxylic acids is 1. The lowest BCUT2D eigenvalue weighted by molar-refractivity contribution is -0.384. The molecule has 1 aromatic carbocycles. The van der Waals surface area contributed by atoms with Gasteiger partial charge in [-0.15, -0.1) is 0 Å². The normalized spacial score (nSPS) is 23.2. The van der Waals surface area contributed by atoms with Gasteiger partial charge >= 0.3 is 5.97 Å².